The largest absolute Gasteiger partial charge is 0.394 e. The molecule has 0 bridgehead atoms. The Morgan fingerprint density at radius 1 is 1.47 bits per heavy atom. The van der Waals surface area contributed by atoms with Crippen LogP contribution in [-0.4, -0.2) is 23.7 Å². The van der Waals surface area contributed by atoms with Gasteiger partial charge in [-0.25, -0.2) is 0 Å². The molecule has 0 aromatic rings. The van der Waals surface area contributed by atoms with Crippen LogP contribution in [0.3, 0.4) is 0 Å². The van der Waals surface area contributed by atoms with Crippen molar-refractivity contribution >= 4 is 5.91 Å². The summed E-state index contributed by atoms with van der Waals surface area (Å²) < 4.78 is 0. The van der Waals surface area contributed by atoms with Crippen molar-refractivity contribution in [3.05, 3.63) is 23.8 Å². The second kappa shape index (κ2) is 8.99. The summed E-state index contributed by atoms with van der Waals surface area (Å²) in [6, 6.07) is -0.147. The molecule has 0 aliphatic carbocycles. The SMILES string of the molecule is C/C=C/C=C(/C)C(=O)N[C@H](CO)C[C@H](C)CC. The Hall–Kier alpha value is -1.09. The molecule has 2 atom stereocenters. The van der Waals surface area contributed by atoms with Gasteiger partial charge in [0.15, 0.2) is 0 Å². The smallest absolute Gasteiger partial charge is 0.247 e. The lowest BCUT2D eigenvalue weighted by atomic mass is 9.99. The molecule has 0 fully saturated rings. The van der Waals surface area contributed by atoms with Gasteiger partial charge in [-0.15, -0.1) is 0 Å². The number of rotatable bonds is 7. The lowest BCUT2D eigenvalue weighted by Crippen LogP contribution is -2.39. The fraction of sp³-hybridized carbons (Fsp3) is 0.643. The van der Waals surface area contributed by atoms with Crippen LogP contribution < -0.4 is 5.32 Å². The van der Waals surface area contributed by atoms with Crippen LogP contribution in [0, 0.1) is 5.92 Å². The lowest BCUT2D eigenvalue weighted by molar-refractivity contribution is -0.118. The first-order valence-electron chi connectivity index (χ1n) is 6.26. The molecule has 98 valence electrons. The van der Waals surface area contributed by atoms with Crippen LogP contribution in [0.25, 0.3) is 0 Å². The van der Waals surface area contributed by atoms with E-state index in [1.807, 2.05) is 19.1 Å². The molecular weight excluding hydrogens is 214 g/mol. The summed E-state index contributed by atoms with van der Waals surface area (Å²) >= 11 is 0. The number of hydrogen-bond acceptors (Lipinski definition) is 2. The molecule has 2 N–H and O–H groups in total. The Balaban J connectivity index is 4.32. The van der Waals surface area contributed by atoms with Crippen molar-refractivity contribution in [3.8, 4) is 0 Å². The Morgan fingerprint density at radius 2 is 2.12 bits per heavy atom. The average molecular weight is 239 g/mol. The highest BCUT2D eigenvalue weighted by Crippen LogP contribution is 2.10. The zero-order chi connectivity index (χ0) is 13.3. The van der Waals surface area contributed by atoms with Crippen LogP contribution in [-0.2, 0) is 4.79 Å². The van der Waals surface area contributed by atoms with Gasteiger partial charge in [-0.1, -0.05) is 38.5 Å². The highest BCUT2D eigenvalue weighted by molar-refractivity contribution is 5.93. The number of aliphatic hydroxyl groups excluding tert-OH is 1. The predicted molar refractivity (Wildman–Crippen MR) is 71.7 cm³/mol. The summed E-state index contributed by atoms with van der Waals surface area (Å²) in [7, 11) is 0. The molecule has 0 heterocycles. The van der Waals surface area contributed by atoms with E-state index in [-0.39, 0.29) is 18.6 Å². The number of amides is 1. The third-order valence-electron chi connectivity index (χ3n) is 2.84. The van der Waals surface area contributed by atoms with Crippen molar-refractivity contribution in [3.63, 3.8) is 0 Å². The number of carbonyl (C=O) groups is 1. The standard InChI is InChI=1S/C14H25NO2/c1-5-7-8-12(4)14(17)15-13(10-16)9-11(3)6-2/h5,7-8,11,13,16H,6,9-10H2,1-4H3,(H,15,17)/b7-5+,12-8-/t11-,13+/m1/s1. The summed E-state index contributed by atoms with van der Waals surface area (Å²) in [4.78, 5) is 11.8. The minimum atomic E-state index is -0.147. The summed E-state index contributed by atoms with van der Waals surface area (Å²) in [5, 5.41) is 12.1. The molecule has 3 nitrogen and oxygen atoms in total. The van der Waals surface area contributed by atoms with Crippen LogP contribution in [0.15, 0.2) is 23.8 Å². The summed E-state index contributed by atoms with van der Waals surface area (Å²) in [5.41, 5.74) is 0.658. The van der Waals surface area contributed by atoms with Gasteiger partial charge in [-0.05, 0) is 26.2 Å². The second-order valence-corrected chi connectivity index (χ2v) is 4.48. The quantitative estimate of drug-likeness (QED) is 0.529. The van der Waals surface area contributed by atoms with Gasteiger partial charge in [0, 0.05) is 5.57 Å². The highest BCUT2D eigenvalue weighted by atomic mass is 16.3. The van der Waals surface area contributed by atoms with Crippen molar-refractivity contribution in [2.45, 2.75) is 46.6 Å². The fourth-order valence-electron chi connectivity index (χ4n) is 1.45. The van der Waals surface area contributed by atoms with E-state index in [0.29, 0.717) is 11.5 Å². The maximum absolute atomic E-state index is 11.8. The number of nitrogens with one attached hydrogen (secondary N) is 1. The second-order valence-electron chi connectivity index (χ2n) is 4.48. The van der Waals surface area contributed by atoms with E-state index in [1.165, 1.54) is 0 Å². The number of hydrogen-bond donors (Lipinski definition) is 2. The van der Waals surface area contributed by atoms with E-state index in [0.717, 1.165) is 12.8 Å². The summed E-state index contributed by atoms with van der Waals surface area (Å²) in [6.45, 7) is 7.90. The molecule has 0 saturated heterocycles. The third-order valence-corrected chi connectivity index (χ3v) is 2.84. The molecule has 0 spiro atoms. The molecule has 0 saturated carbocycles. The van der Waals surface area contributed by atoms with Crippen molar-refractivity contribution in [1.82, 2.24) is 5.32 Å². The van der Waals surface area contributed by atoms with E-state index in [9.17, 15) is 9.90 Å². The molecule has 0 unspecified atom stereocenters. The molecule has 0 aliphatic heterocycles. The monoisotopic (exact) mass is 239 g/mol. The van der Waals surface area contributed by atoms with Crippen molar-refractivity contribution in [2.75, 3.05) is 6.61 Å². The Kier molecular flexibility index (Phi) is 8.42. The first kappa shape index (κ1) is 15.9. The molecule has 0 radical (unpaired) electrons. The van der Waals surface area contributed by atoms with Gasteiger partial charge in [0.2, 0.25) is 5.91 Å². The highest BCUT2D eigenvalue weighted by Gasteiger charge is 2.14. The van der Waals surface area contributed by atoms with E-state index < -0.39 is 0 Å². The number of carbonyl (C=O) groups excluding carboxylic acids is 1. The molecule has 0 aliphatic rings. The Morgan fingerprint density at radius 3 is 2.59 bits per heavy atom. The predicted octanol–water partition coefficient (Wildman–Crippen LogP) is 2.42. The molecule has 0 rings (SSSR count). The van der Waals surface area contributed by atoms with Gasteiger partial charge in [0.25, 0.3) is 0 Å². The first-order valence-corrected chi connectivity index (χ1v) is 6.26. The minimum Gasteiger partial charge on any atom is -0.394 e. The van der Waals surface area contributed by atoms with Gasteiger partial charge in [0.1, 0.15) is 0 Å². The molecule has 1 amide bonds. The van der Waals surface area contributed by atoms with E-state index in [4.69, 9.17) is 0 Å². The Labute approximate surface area is 105 Å². The lowest BCUT2D eigenvalue weighted by Gasteiger charge is -2.19. The summed E-state index contributed by atoms with van der Waals surface area (Å²) in [6.07, 6.45) is 7.35. The van der Waals surface area contributed by atoms with Crippen molar-refractivity contribution in [2.24, 2.45) is 5.92 Å². The van der Waals surface area contributed by atoms with Gasteiger partial charge >= 0.3 is 0 Å². The topological polar surface area (TPSA) is 49.3 Å². The van der Waals surface area contributed by atoms with E-state index >= 15 is 0 Å². The van der Waals surface area contributed by atoms with Crippen LogP contribution in [0.1, 0.15) is 40.5 Å². The van der Waals surface area contributed by atoms with Crippen LogP contribution in [0.5, 0.6) is 0 Å². The zero-order valence-corrected chi connectivity index (χ0v) is 11.4. The fourth-order valence-corrected chi connectivity index (χ4v) is 1.45. The number of allylic oxidation sites excluding steroid dienone is 3. The first-order chi connectivity index (χ1) is 8.04. The normalized spacial score (nSPS) is 15.9. The van der Waals surface area contributed by atoms with E-state index in [2.05, 4.69) is 19.2 Å². The molecule has 0 aromatic carbocycles. The number of aliphatic hydroxyl groups is 1. The minimum absolute atomic E-state index is 0.00697. The Bertz CT molecular complexity index is 282. The van der Waals surface area contributed by atoms with Gasteiger partial charge < -0.3 is 10.4 Å². The summed E-state index contributed by atoms with van der Waals surface area (Å²) in [5.74, 6) is 0.401. The van der Waals surface area contributed by atoms with Gasteiger partial charge in [-0.2, -0.15) is 0 Å². The van der Waals surface area contributed by atoms with Crippen LogP contribution >= 0.6 is 0 Å². The molecule has 0 aromatic heterocycles. The van der Waals surface area contributed by atoms with Gasteiger partial charge in [0.05, 0.1) is 12.6 Å². The van der Waals surface area contributed by atoms with Gasteiger partial charge in [-0.3, -0.25) is 4.79 Å². The molecule has 17 heavy (non-hydrogen) atoms. The van der Waals surface area contributed by atoms with Crippen LogP contribution in [0.4, 0.5) is 0 Å². The van der Waals surface area contributed by atoms with Crippen molar-refractivity contribution in [1.29, 1.82) is 0 Å². The zero-order valence-electron chi connectivity index (χ0n) is 11.4. The average Bonchev–Trinajstić information content (AvgIpc) is 2.34. The maximum Gasteiger partial charge on any atom is 0.247 e. The molecule has 3 heteroatoms. The van der Waals surface area contributed by atoms with Crippen molar-refractivity contribution < 1.29 is 9.90 Å². The maximum atomic E-state index is 11.8. The van der Waals surface area contributed by atoms with E-state index in [1.54, 1.807) is 13.0 Å². The van der Waals surface area contributed by atoms with Crippen LogP contribution in [0.2, 0.25) is 0 Å². The molecular formula is C14H25NO2. The third kappa shape index (κ3) is 6.95.